The molecule has 142 valence electrons. The predicted octanol–water partition coefficient (Wildman–Crippen LogP) is 2.85. The van der Waals surface area contributed by atoms with Crippen LogP contribution in [0.25, 0.3) is 11.3 Å². The van der Waals surface area contributed by atoms with E-state index in [0.717, 1.165) is 39.5 Å². The number of aliphatic hydroxyl groups is 1. The van der Waals surface area contributed by atoms with E-state index in [1.54, 1.807) is 10.9 Å². The highest BCUT2D eigenvalue weighted by Gasteiger charge is 2.32. The summed E-state index contributed by atoms with van der Waals surface area (Å²) in [6.07, 6.45) is 2.87. The van der Waals surface area contributed by atoms with E-state index < -0.39 is 6.23 Å². The molecule has 1 atom stereocenters. The molecule has 1 aliphatic rings. The summed E-state index contributed by atoms with van der Waals surface area (Å²) >= 11 is 0. The molecule has 5 rings (SSSR count). The van der Waals surface area contributed by atoms with Gasteiger partial charge in [-0.15, -0.1) is 0 Å². The van der Waals surface area contributed by atoms with E-state index in [2.05, 4.69) is 18.9 Å². The molecule has 1 aromatic carbocycles. The molecule has 28 heavy (non-hydrogen) atoms. The van der Waals surface area contributed by atoms with Gasteiger partial charge in [-0.1, -0.05) is 18.2 Å². The lowest BCUT2D eigenvalue weighted by Crippen LogP contribution is -2.25. The molecule has 4 heterocycles. The van der Waals surface area contributed by atoms with E-state index in [1.807, 2.05) is 52.9 Å². The number of aryl methyl sites for hydroxylation is 2. The fourth-order valence-electron chi connectivity index (χ4n) is 3.93. The second kappa shape index (κ2) is 6.25. The number of benzene rings is 1. The third-order valence-corrected chi connectivity index (χ3v) is 5.74. The van der Waals surface area contributed by atoms with E-state index in [1.165, 1.54) is 5.56 Å². The molecule has 0 fully saturated rings. The number of aromatic nitrogens is 5. The van der Waals surface area contributed by atoms with E-state index in [0.29, 0.717) is 13.1 Å². The van der Waals surface area contributed by atoms with Crippen LogP contribution in [0.3, 0.4) is 0 Å². The van der Waals surface area contributed by atoms with Crippen molar-refractivity contribution in [1.82, 2.24) is 29.3 Å². The van der Waals surface area contributed by atoms with Gasteiger partial charge in [0, 0.05) is 48.0 Å². The first kappa shape index (κ1) is 17.1. The Labute approximate surface area is 162 Å². The van der Waals surface area contributed by atoms with Crippen molar-refractivity contribution in [2.75, 3.05) is 0 Å². The quantitative estimate of drug-likeness (QED) is 0.597. The van der Waals surface area contributed by atoms with Crippen LogP contribution in [0.2, 0.25) is 0 Å². The molecule has 0 bridgehead atoms. The molecule has 0 amide bonds. The SMILES string of the molecule is Cc1nc2c3c(nn2c(C)c1C)CN(C(O)c1ccccc1-n1cccn1)C3. The molecular weight excluding hydrogens is 352 g/mol. The topological polar surface area (TPSA) is 71.5 Å². The summed E-state index contributed by atoms with van der Waals surface area (Å²) in [7, 11) is 0. The van der Waals surface area contributed by atoms with Crippen molar-refractivity contribution in [2.45, 2.75) is 40.1 Å². The molecular formula is C21H22N6O. The zero-order valence-corrected chi connectivity index (χ0v) is 16.2. The Hall–Kier alpha value is -3.03. The Morgan fingerprint density at radius 1 is 1.07 bits per heavy atom. The lowest BCUT2D eigenvalue weighted by atomic mass is 10.1. The van der Waals surface area contributed by atoms with Gasteiger partial charge in [0.15, 0.2) is 5.65 Å². The van der Waals surface area contributed by atoms with Crippen molar-refractivity contribution in [2.24, 2.45) is 0 Å². The van der Waals surface area contributed by atoms with Gasteiger partial charge in [0.05, 0.1) is 11.4 Å². The van der Waals surface area contributed by atoms with Gasteiger partial charge in [0.2, 0.25) is 0 Å². The average Bonchev–Trinajstić information content (AvgIpc) is 3.43. The van der Waals surface area contributed by atoms with Gasteiger partial charge in [-0.3, -0.25) is 4.90 Å². The second-order valence-electron chi connectivity index (χ2n) is 7.36. The minimum absolute atomic E-state index is 0.588. The highest BCUT2D eigenvalue weighted by atomic mass is 16.3. The maximum Gasteiger partial charge on any atom is 0.160 e. The van der Waals surface area contributed by atoms with Gasteiger partial charge < -0.3 is 5.11 Å². The van der Waals surface area contributed by atoms with Crippen LogP contribution in [0.4, 0.5) is 0 Å². The molecule has 4 aromatic rings. The summed E-state index contributed by atoms with van der Waals surface area (Å²) in [5, 5.41) is 20.2. The monoisotopic (exact) mass is 374 g/mol. The predicted molar refractivity (Wildman–Crippen MR) is 105 cm³/mol. The minimum Gasteiger partial charge on any atom is -0.374 e. The van der Waals surface area contributed by atoms with Crippen LogP contribution in [0.1, 0.15) is 40.0 Å². The summed E-state index contributed by atoms with van der Waals surface area (Å²) in [6, 6.07) is 9.68. The normalized spacial score (nSPS) is 15.3. The highest BCUT2D eigenvalue weighted by molar-refractivity contribution is 5.54. The van der Waals surface area contributed by atoms with E-state index >= 15 is 0 Å². The Morgan fingerprint density at radius 3 is 2.68 bits per heavy atom. The number of nitrogens with zero attached hydrogens (tertiary/aromatic N) is 6. The number of hydrogen-bond acceptors (Lipinski definition) is 5. The van der Waals surface area contributed by atoms with Crippen LogP contribution >= 0.6 is 0 Å². The maximum absolute atomic E-state index is 11.1. The molecule has 1 N–H and O–H groups in total. The molecule has 0 saturated carbocycles. The lowest BCUT2D eigenvalue weighted by molar-refractivity contribution is -0.00245. The summed E-state index contributed by atoms with van der Waals surface area (Å²) < 4.78 is 3.72. The third-order valence-electron chi connectivity index (χ3n) is 5.74. The summed E-state index contributed by atoms with van der Waals surface area (Å²) in [4.78, 5) is 6.79. The number of rotatable bonds is 3. The van der Waals surface area contributed by atoms with Crippen molar-refractivity contribution in [3.05, 3.63) is 76.5 Å². The molecule has 0 radical (unpaired) electrons. The zero-order valence-electron chi connectivity index (χ0n) is 16.2. The fraction of sp³-hybridized carbons (Fsp3) is 0.286. The first-order chi connectivity index (χ1) is 13.5. The number of aliphatic hydroxyl groups excluding tert-OH is 1. The van der Waals surface area contributed by atoms with Crippen LogP contribution < -0.4 is 0 Å². The van der Waals surface area contributed by atoms with E-state index in [4.69, 9.17) is 10.1 Å². The van der Waals surface area contributed by atoms with Crippen molar-refractivity contribution >= 4 is 5.65 Å². The Kier molecular flexibility index (Phi) is 3.82. The van der Waals surface area contributed by atoms with Gasteiger partial charge in [-0.25, -0.2) is 14.2 Å². The van der Waals surface area contributed by atoms with E-state index in [9.17, 15) is 5.11 Å². The Morgan fingerprint density at radius 2 is 1.89 bits per heavy atom. The van der Waals surface area contributed by atoms with Crippen molar-refractivity contribution in [1.29, 1.82) is 0 Å². The molecule has 1 aliphatic heterocycles. The van der Waals surface area contributed by atoms with Crippen LogP contribution in [0.15, 0.2) is 42.7 Å². The van der Waals surface area contributed by atoms with E-state index in [-0.39, 0.29) is 0 Å². The van der Waals surface area contributed by atoms with Gasteiger partial charge in [0.1, 0.15) is 6.23 Å². The largest absolute Gasteiger partial charge is 0.374 e. The van der Waals surface area contributed by atoms with Crippen LogP contribution in [0, 0.1) is 20.8 Å². The van der Waals surface area contributed by atoms with Crippen molar-refractivity contribution in [3.63, 3.8) is 0 Å². The molecule has 0 saturated heterocycles. The van der Waals surface area contributed by atoms with Crippen LogP contribution in [-0.2, 0) is 13.1 Å². The molecule has 3 aromatic heterocycles. The van der Waals surface area contributed by atoms with Crippen LogP contribution in [0.5, 0.6) is 0 Å². The smallest absolute Gasteiger partial charge is 0.160 e. The molecule has 7 heteroatoms. The van der Waals surface area contributed by atoms with Gasteiger partial charge in [0.25, 0.3) is 0 Å². The summed E-state index contributed by atoms with van der Waals surface area (Å²) in [6.45, 7) is 7.38. The van der Waals surface area contributed by atoms with Gasteiger partial charge >= 0.3 is 0 Å². The van der Waals surface area contributed by atoms with Gasteiger partial charge in [-0.05, 0) is 38.5 Å². The van der Waals surface area contributed by atoms with Crippen LogP contribution in [-0.4, -0.2) is 34.4 Å². The summed E-state index contributed by atoms with van der Waals surface area (Å²) in [5.41, 5.74) is 7.98. The maximum atomic E-state index is 11.1. The first-order valence-corrected chi connectivity index (χ1v) is 9.40. The highest BCUT2D eigenvalue weighted by Crippen LogP contribution is 2.34. The number of hydrogen-bond donors (Lipinski definition) is 1. The first-order valence-electron chi connectivity index (χ1n) is 9.40. The Balaban J connectivity index is 1.51. The average molecular weight is 374 g/mol. The lowest BCUT2D eigenvalue weighted by Gasteiger charge is -2.24. The molecule has 7 nitrogen and oxygen atoms in total. The fourth-order valence-corrected chi connectivity index (χ4v) is 3.93. The van der Waals surface area contributed by atoms with Crippen molar-refractivity contribution < 1.29 is 5.11 Å². The third kappa shape index (κ3) is 2.47. The Bertz CT molecular complexity index is 1180. The molecule has 1 unspecified atom stereocenters. The zero-order chi connectivity index (χ0) is 19.4. The number of fused-ring (bicyclic) bond motifs is 3. The second-order valence-corrected chi connectivity index (χ2v) is 7.36. The standard InChI is InChI=1S/C21H22N6O/c1-13-14(2)23-20-17-11-25(12-18(17)24-27(20)15(13)3)21(28)16-7-4-5-8-19(16)26-10-6-9-22-26/h4-10,21,28H,11-12H2,1-3H3. The van der Waals surface area contributed by atoms with Gasteiger partial charge in [-0.2, -0.15) is 10.2 Å². The molecule has 0 spiro atoms. The van der Waals surface area contributed by atoms with Crippen molar-refractivity contribution in [3.8, 4) is 5.69 Å². The number of para-hydroxylation sites is 1. The summed E-state index contributed by atoms with van der Waals surface area (Å²) in [5.74, 6) is 0. The molecule has 0 aliphatic carbocycles. The minimum atomic E-state index is -0.748.